The Morgan fingerprint density at radius 3 is 1.88 bits per heavy atom. The van der Waals surface area contributed by atoms with Gasteiger partial charge in [-0.1, -0.05) is 68.2 Å². The summed E-state index contributed by atoms with van der Waals surface area (Å²) in [4.78, 5) is 0. The van der Waals surface area contributed by atoms with E-state index in [1.807, 2.05) is 0 Å². The molecule has 0 saturated heterocycles. The molecule has 1 saturated carbocycles. The summed E-state index contributed by atoms with van der Waals surface area (Å²) in [5.74, 6) is 3.47. The largest absolute Gasteiger partial charge is 0.0628 e. The van der Waals surface area contributed by atoms with Gasteiger partial charge in [0.1, 0.15) is 0 Å². The van der Waals surface area contributed by atoms with E-state index in [9.17, 15) is 0 Å². The first-order chi connectivity index (χ1) is 7.63. The Hall–Kier alpha value is 0. The Morgan fingerprint density at radius 1 is 1.00 bits per heavy atom. The van der Waals surface area contributed by atoms with Crippen LogP contribution in [0.1, 0.15) is 74.7 Å². The molecule has 0 amide bonds. The van der Waals surface area contributed by atoms with E-state index < -0.39 is 0 Å². The van der Waals surface area contributed by atoms with Crippen molar-refractivity contribution in [3.05, 3.63) is 0 Å². The van der Waals surface area contributed by atoms with Gasteiger partial charge in [0.2, 0.25) is 0 Å². The Bertz CT molecular complexity index is 251. The molecule has 0 spiro atoms. The Balaban J connectivity index is 2.61. The summed E-state index contributed by atoms with van der Waals surface area (Å²) in [6, 6.07) is 0. The molecule has 0 aromatic heterocycles. The lowest BCUT2D eigenvalue weighted by molar-refractivity contribution is -0.147. The zero-order valence-corrected chi connectivity index (χ0v) is 13.4. The van der Waals surface area contributed by atoms with Crippen molar-refractivity contribution in [1.82, 2.24) is 0 Å². The fraction of sp³-hybridized carbons (Fsp3) is 1.00. The first kappa shape index (κ1) is 15.1. The molecule has 0 N–H and O–H groups in total. The van der Waals surface area contributed by atoms with Crippen LogP contribution in [0.5, 0.6) is 0 Å². The molecular formula is C17H34. The van der Waals surface area contributed by atoms with E-state index in [0.29, 0.717) is 10.8 Å². The van der Waals surface area contributed by atoms with E-state index in [1.165, 1.54) is 19.3 Å². The molecular weight excluding hydrogens is 204 g/mol. The molecule has 1 rings (SSSR count). The van der Waals surface area contributed by atoms with Crippen molar-refractivity contribution in [2.45, 2.75) is 74.7 Å². The molecule has 1 fully saturated rings. The fourth-order valence-electron chi connectivity index (χ4n) is 3.83. The highest BCUT2D eigenvalue weighted by Crippen LogP contribution is 2.65. The highest BCUT2D eigenvalue weighted by atomic mass is 14.6. The van der Waals surface area contributed by atoms with Gasteiger partial charge in [-0.25, -0.2) is 0 Å². The lowest BCUT2D eigenvalue weighted by Gasteiger charge is -2.63. The summed E-state index contributed by atoms with van der Waals surface area (Å²) in [5.41, 5.74) is 1.08. The molecule has 0 bridgehead atoms. The quantitative estimate of drug-likeness (QED) is 0.570. The van der Waals surface area contributed by atoms with E-state index in [0.717, 1.165) is 23.7 Å². The van der Waals surface area contributed by atoms with Crippen LogP contribution in [-0.4, -0.2) is 0 Å². The zero-order valence-electron chi connectivity index (χ0n) is 13.4. The molecule has 0 radical (unpaired) electrons. The minimum atomic E-state index is 0.526. The second-order valence-electron chi connectivity index (χ2n) is 7.98. The van der Waals surface area contributed by atoms with Crippen molar-refractivity contribution in [3.63, 3.8) is 0 Å². The van der Waals surface area contributed by atoms with Gasteiger partial charge in [-0.15, -0.1) is 0 Å². The van der Waals surface area contributed by atoms with Crippen molar-refractivity contribution in [3.8, 4) is 0 Å². The predicted octanol–water partition coefficient (Wildman–Crippen LogP) is 5.77. The van der Waals surface area contributed by atoms with Crippen LogP contribution in [-0.2, 0) is 0 Å². The van der Waals surface area contributed by atoms with Crippen molar-refractivity contribution in [2.75, 3.05) is 0 Å². The second-order valence-corrected chi connectivity index (χ2v) is 7.98. The van der Waals surface area contributed by atoms with E-state index >= 15 is 0 Å². The average Bonchev–Trinajstić information content (AvgIpc) is 2.24. The molecule has 4 atom stereocenters. The van der Waals surface area contributed by atoms with Gasteiger partial charge in [-0.05, 0) is 40.9 Å². The van der Waals surface area contributed by atoms with Crippen LogP contribution in [0.25, 0.3) is 0 Å². The van der Waals surface area contributed by atoms with Crippen molar-refractivity contribution >= 4 is 0 Å². The second kappa shape index (κ2) is 4.94. The van der Waals surface area contributed by atoms with Crippen molar-refractivity contribution in [1.29, 1.82) is 0 Å². The summed E-state index contributed by atoms with van der Waals surface area (Å²) in [6.07, 6.45) is 4.21. The van der Waals surface area contributed by atoms with E-state index in [4.69, 9.17) is 0 Å². The van der Waals surface area contributed by atoms with Crippen LogP contribution in [0.3, 0.4) is 0 Å². The number of hydrogen-bond acceptors (Lipinski definition) is 0. The van der Waals surface area contributed by atoms with Gasteiger partial charge in [-0.2, -0.15) is 0 Å². The normalized spacial score (nSPS) is 35.5. The lowest BCUT2D eigenvalue weighted by Crippen LogP contribution is -2.56. The molecule has 17 heavy (non-hydrogen) atoms. The SMILES string of the molecule is CC(C)CCC(C)C(C)C1(C)CC(C)C1(C)C. The van der Waals surface area contributed by atoms with Gasteiger partial charge in [-0.3, -0.25) is 0 Å². The van der Waals surface area contributed by atoms with Gasteiger partial charge in [0, 0.05) is 0 Å². The van der Waals surface area contributed by atoms with Gasteiger partial charge < -0.3 is 0 Å². The molecule has 4 unspecified atom stereocenters. The first-order valence-electron chi connectivity index (χ1n) is 7.63. The minimum absolute atomic E-state index is 0.526. The molecule has 0 aromatic rings. The van der Waals surface area contributed by atoms with Gasteiger partial charge in [0.15, 0.2) is 0 Å². The van der Waals surface area contributed by atoms with Gasteiger partial charge in [0.25, 0.3) is 0 Å². The average molecular weight is 238 g/mol. The monoisotopic (exact) mass is 238 g/mol. The summed E-state index contributed by atoms with van der Waals surface area (Å²) < 4.78 is 0. The van der Waals surface area contributed by atoms with Gasteiger partial charge in [0.05, 0.1) is 0 Å². The van der Waals surface area contributed by atoms with E-state index in [-0.39, 0.29) is 0 Å². The minimum Gasteiger partial charge on any atom is -0.0628 e. The third kappa shape index (κ3) is 2.56. The molecule has 1 aliphatic rings. The van der Waals surface area contributed by atoms with Crippen LogP contribution in [0, 0.1) is 34.5 Å². The Morgan fingerprint density at radius 2 is 1.53 bits per heavy atom. The molecule has 0 heteroatoms. The fourth-order valence-corrected chi connectivity index (χ4v) is 3.83. The van der Waals surface area contributed by atoms with Crippen LogP contribution in [0.2, 0.25) is 0 Å². The lowest BCUT2D eigenvalue weighted by atomic mass is 9.41. The Labute approximate surface area is 110 Å². The van der Waals surface area contributed by atoms with Crippen LogP contribution in [0.15, 0.2) is 0 Å². The molecule has 1 aliphatic carbocycles. The van der Waals surface area contributed by atoms with Gasteiger partial charge >= 0.3 is 0 Å². The molecule has 0 aromatic carbocycles. The summed E-state index contributed by atoms with van der Waals surface area (Å²) in [6.45, 7) is 19.6. The molecule has 0 aliphatic heterocycles. The Kier molecular flexibility index (Phi) is 4.37. The maximum atomic E-state index is 2.53. The maximum absolute atomic E-state index is 2.53. The number of hydrogen-bond donors (Lipinski definition) is 0. The smallest absolute Gasteiger partial charge is 0.0241 e. The van der Waals surface area contributed by atoms with E-state index in [2.05, 4.69) is 55.4 Å². The number of rotatable bonds is 5. The summed E-state index contributed by atoms with van der Waals surface area (Å²) >= 11 is 0. The standard InChI is InChI=1S/C17H34/c1-12(2)9-10-13(3)15(5)17(8)11-14(4)16(17,6)7/h12-15H,9-11H2,1-8H3. The molecule has 0 nitrogen and oxygen atoms in total. The maximum Gasteiger partial charge on any atom is -0.0241 e. The van der Waals surface area contributed by atoms with Crippen molar-refractivity contribution in [2.24, 2.45) is 34.5 Å². The van der Waals surface area contributed by atoms with Crippen LogP contribution in [0.4, 0.5) is 0 Å². The van der Waals surface area contributed by atoms with E-state index in [1.54, 1.807) is 0 Å². The highest BCUT2D eigenvalue weighted by Gasteiger charge is 2.57. The predicted molar refractivity (Wildman–Crippen MR) is 78.1 cm³/mol. The van der Waals surface area contributed by atoms with Crippen LogP contribution >= 0.6 is 0 Å². The third-order valence-electron chi connectivity index (χ3n) is 6.49. The summed E-state index contributed by atoms with van der Waals surface area (Å²) in [7, 11) is 0. The molecule has 102 valence electrons. The molecule has 0 heterocycles. The van der Waals surface area contributed by atoms with Crippen LogP contribution < -0.4 is 0 Å². The summed E-state index contributed by atoms with van der Waals surface area (Å²) in [5, 5.41) is 0. The topological polar surface area (TPSA) is 0 Å². The first-order valence-corrected chi connectivity index (χ1v) is 7.63. The van der Waals surface area contributed by atoms with Crippen molar-refractivity contribution < 1.29 is 0 Å². The zero-order chi connectivity index (χ0) is 13.4. The highest BCUT2D eigenvalue weighted by molar-refractivity contribution is 5.06. The third-order valence-corrected chi connectivity index (χ3v) is 6.49.